The number of halogens is 1. The van der Waals surface area contributed by atoms with Crippen molar-refractivity contribution in [3.8, 4) is 22.4 Å². The molecule has 1 aromatic carbocycles. The second-order valence-electron chi connectivity index (χ2n) is 10.7. The lowest BCUT2D eigenvalue weighted by Gasteiger charge is -2.54. The van der Waals surface area contributed by atoms with Gasteiger partial charge in [-0.3, -0.25) is 4.68 Å². The smallest absolute Gasteiger partial charge is 0.156 e. The number of likely N-dealkylation sites (tertiary alicyclic amines) is 1. The topological polar surface area (TPSA) is 75.1 Å². The van der Waals surface area contributed by atoms with E-state index in [4.69, 9.17) is 9.72 Å². The van der Waals surface area contributed by atoms with Crippen molar-refractivity contribution in [2.45, 2.75) is 50.7 Å². The molecule has 3 fully saturated rings. The van der Waals surface area contributed by atoms with Gasteiger partial charge in [-0.15, -0.1) is 0 Å². The number of H-pyrrole nitrogens is 1. The molecule has 3 saturated heterocycles. The lowest BCUT2D eigenvalue weighted by atomic mass is 9.88. The Labute approximate surface area is 215 Å². The molecule has 0 aliphatic carbocycles. The zero-order valence-electron chi connectivity index (χ0n) is 21.3. The number of benzene rings is 1. The third-order valence-corrected chi connectivity index (χ3v) is 8.38. The molecule has 2 bridgehead atoms. The third-order valence-electron chi connectivity index (χ3n) is 8.38. The van der Waals surface area contributed by atoms with E-state index in [2.05, 4.69) is 55.8 Å². The minimum Gasteiger partial charge on any atom is -0.377 e. The van der Waals surface area contributed by atoms with Crippen molar-refractivity contribution in [2.24, 2.45) is 0 Å². The average molecular weight is 502 g/mol. The van der Waals surface area contributed by atoms with Crippen LogP contribution in [0, 0.1) is 5.82 Å². The minimum absolute atomic E-state index is 0.193. The summed E-state index contributed by atoms with van der Waals surface area (Å²) in [6, 6.07) is 4.66. The van der Waals surface area contributed by atoms with E-state index in [1.54, 1.807) is 12.3 Å². The maximum atomic E-state index is 15.6. The number of ether oxygens (including phenoxy) is 1. The predicted molar refractivity (Wildman–Crippen MR) is 141 cm³/mol. The molecular weight excluding hydrogens is 469 g/mol. The maximum absolute atomic E-state index is 15.6. The van der Waals surface area contributed by atoms with Crippen molar-refractivity contribution >= 4 is 16.9 Å². The van der Waals surface area contributed by atoms with Gasteiger partial charge in [0.1, 0.15) is 11.3 Å². The van der Waals surface area contributed by atoms with Crippen LogP contribution in [0.25, 0.3) is 33.5 Å². The van der Waals surface area contributed by atoms with Crippen LogP contribution in [0.5, 0.6) is 0 Å². The van der Waals surface area contributed by atoms with Crippen LogP contribution in [0.15, 0.2) is 36.9 Å². The number of morpholine rings is 1. The SMILES string of the molecule is CCc1cc(-c2cnc3[nH]cc(-c4cnn(C5CCN(C)CC5)c4)c3n2)cc(F)c1N1C2COCC1C2. The first-order chi connectivity index (χ1) is 18.1. The summed E-state index contributed by atoms with van der Waals surface area (Å²) in [6.07, 6.45) is 11.7. The van der Waals surface area contributed by atoms with Crippen LogP contribution in [0.1, 0.15) is 37.8 Å². The molecule has 0 radical (unpaired) electrons. The first-order valence-corrected chi connectivity index (χ1v) is 13.3. The van der Waals surface area contributed by atoms with Gasteiger partial charge in [0.25, 0.3) is 0 Å². The van der Waals surface area contributed by atoms with E-state index in [9.17, 15) is 0 Å². The first kappa shape index (κ1) is 22.9. The van der Waals surface area contributed by atoms with Crippen LogP contribution < -0.4 is 4.90 Å². The summed E-state index contributed by atoms with van der Waals surface area (Å²) in [5, 5.41) is 4.68. The number of hydrogen-bond acceptors (Lipinski definition) is 6. The highest BCUT2D eigenvalue weighted by molar-refractivity contribution is 5.91. The molecule has 3 aliphatic heterocycles. The van der Waals surface area contributed by atoms with Crippen molar-refractivity contribution < 1.29 is 9.13 Å². The Morgan fingerprint density at radius 1 is 1.08 bits per heavy atom. The average Bonchev–Trinajstić information content (AvgIpc) is 3.57. The van der Waals surface area contributed by atoms with Crippen molar-refractivity contribution in [1.29, 1.82) is 0 Å². The number of piperidine rings is 1. The summed E-state index contributed by atoms with van der Waals surface area (Å²) in [6.45, 7) is 5.60. The summed E-state index contributed by atoms with van der Waals surface area (Å²) < 4.78 is 23.3. The predicted octanol–water partition coefficient (Wildman–Crippen LogP) is 4.43. The fourth-order valence-corrected chi connectivity index (χ4v) is 6.25. The van der Waals surface area contributed by atoms with E-state index in [1.165, 1.54) is 0 Å². The van der Waals surface area contributed by atoms with Crippen molar-refractivity contribution in [2.75, 3.05) is 38.3 Å². The summed E-state index contributed by atoms with van der Waals surface area (Å²) in [5.41, 5.74) is 6.62. The molecule has 0 saturated carbocycles. The quantitative estimate of drug-likeness (QED) is 0.436. The molecule has 0 amide bonds. The van der Waals surface area contributed by atoms with Crippen molar-refractivity contribution in [1.82, 2.24) is 29.6 Å². The first-order valence-electron chi connectivity index (χ1n) is 13.3. The molecule has 37 heavy (non-hydrogen) atoms. The highest BCUT2D eigenvalue weighted by Gasteiger charge is 2.44. The summed E-state index contributed by atoms with van der Waals surface area (Å²) in [5.74, 6) is -0.193. The maximum Gasteiger partial charge on any atom is 0.156 e. The molecular formula is C28H32FN7O. The lowest BCUT2D eigenvalue weighted by Crippen LogP contribution is -2.64. The fourth-order valence-electron chi connectivity index (χ4n) is 6.25. The van der Waals surface area contributed by atoms with Crippen molar-refractivity contribution in [3.05, 3.63) is 48.3 Å². The van der Waals surface area contributed by atoms with Crippen LogP contribution in [-0.2, 0) is 11.2 Å². The van der Waals surface area contributed by atoms with Crippen LogP contribution in [0.2, 0.25) is 0 Å². The van der Waals surface area contributed by atoms with E-state index in [0.717, 1.165) is 72.2 Å². The van der Waals surface area contributed by atoms with Crippen LogP contribution in [0.4, 0.5) is 10.1 Å². The van der Waals surface area contributed by atoms with E-state index in [-0.39, 0.29) is 17.9 Å². The number of aromatic amines is 1. The van der Waals surface area contributed by atoms with Crippen LogP contribution in [-0.4, -0.2) is 75.1 Å². The Morgan fingerprint density at radius 3 is 2.65 bits per heavy atom. The molecule has 7 rings (SSSR count). The molecule has 1 N–H and O–H groups in total. The van der Waals surface area contributed by atoms with Gasteiger partial charge in [-0.05, 0) is 63.5 Å². The second-order valence-corrected chi connectivity index (χ2v) is 10.7. The van der Waals surface area contributed by atoms with Gasteiger partial charge in [0.05, 0.1) is 55.1 Å². The monoisotopic (exact) mass is 501 g/mol. The molecule has 3 aromatic heterocycles. The number of aryl methyl sites for hydroxylation is 1. The normalized spacial score (nSPS) is 22.5. The molecule has 2 atom stereocenters. The second kappa shape index (κ2) is 8.92. The van der Waals surface area contributed by atoms with Gasteiger partial charge in [0.15, 0.2) is 5.65 Å². The molecule has 2 unspecified atom stereocenters. The Kier molecular flexibility index (Phi) is 5.51. The van der Waals surface area contributed by atoms with Gasteiger partial charge >= 0.3 is 0 Å². The van der Waals surface area contributed by atoms with Gasteiger partial charge in [0.2, 0.25) is 0 Å². The largest absolute Gasteiger partial charge is 0.377 e. The Hall–Kier alpha value is -3.30. The lowest BCUT2D eigenvalue weighted by molar-refractivity contribution is 0.00971. The number of aromatic nitrogens is 5. The van der Waals surface area contributed by atoms with Crippen molar-refractivity contribution in [3.63, 3.8) is 0 Å². The number of fused-ring (bicyclic) bond motifs is 3. The number of anilines is 1. The Balaban J connectivity index is 1.22. The Morgan fingerprint density at radius 2 is 1.89 bits per heavy atom. The summed E-state index contributed by atoms with van der Waals surface area (Å²) in [7, 11) is 2.17. The molecule has 192 valence electrons. The molecule has 4 aromatic rings. The Bertz CT molecular complexity index is 1440. The fraction of sp³-hybridized carbons (Fsp3) is 0.464. The molecule has 3 aliphatic rings. The zero-order chi connectivity index (χ0) is 25.1. The molecule has 0 spiro atoms. The molecule has 8 nitrogen and oxygen atoms in total. The van der Waals surface area contributed by atoms with Gasteiger partial charge < -0.3 is 19.5 Å². The van der Waals surface area contributed by atoms with Gasteiger partial charge in [-0.25, -0.2) is 14.4 Å². The molecule has 6 heterocycles. The summed E-state index contributed by atoms with van der Waals surface area (Å²) in [4.78, 5) is 17.4. The van der Waals surface area contributed by atoms with E-state index in [1.807, 2.05) is 12.4 Å². The minimum atomic E-state index is -0.193. The van der Waals surface area contributed by atoms with Crippen LogP contribution in [0.3, 0.4) is 0 Å². The van der Waals surface area contributed by atoms with E-state index >= 15 is 4.39 Å². The van der Waals surface area contributed by atoms with Gasteiger partial charge in [0, 0.05) is 29.1 Å². The third kappa shape index (κ3) is 3.83. The van der Waals surface area contributed by atoms with Gasteiger partial charge in [-0.2, -0.15) is 5.10 Å². The highest BCUT2D eigenvalue weighted by Crippen LogP contribution is 2.41. The zero-order valence-corrected chi connectivity index (χ0v) is 21.3. The number of nitrogens with zero attached hydrogens (tertiary/aromatic N) is 6. The number of rotatable bonds is 5. The van der Waals surface area contributed by atoms with E-state index in [0.29, 0.717) is 30.6 Å². The van der Waals surface area contributed by atoms with Gasteiger partial charge in [-0.1, -0.05) is 6.92 Å². The highest BCUT2D eigenvalue weighted by atomic mass is 19.1. The number of nitrogens with one attached hydrogen (secondary N) is 1. The van der Waals surface area contributed by atoms with E-state index < -0.39 is 0 Å². The summed E-state index contributed by atoms with van der Waals surface area (Å²) >= 11 is 0. The standard InChI is InChI=1S/C28H32FN7O/c1-3-17-8-18(9-24(29)27(17)36-21-10-22(36)16-37-15-21)25-13-31-28-26(33-25)23(12-30-28)19-11-32-35(14-19)20-4-6-34(2)7-5-20/h8-9,11-14,20-22H,3-7,10,15-16H2,1-2H3,(H,30,31). The number of hydrogen-bond donors (Lipinski definition) is 1. The van der Waals surface area contributed by atoms with Crippen LogP contribution >= 0.6 is 0 Å². The molecule has 9 heteroatoms.